The van der Waals surface area contributed by atoms with Gasteiger partial charge in [-0.1, -0.05) is 30.0 Å². The minimum Gasteiger partial charge on any atom is -0.410 e. The molecule has 0 saturated carbocycles. The molecular formula is C19H21N5O3S2. The van der Waals surface area contributed by atoms with E-state index in [2.05, 4.69) is 25.8 Å². The number of benzene rings is 1. The Morgan fingerprint density at radius 2 is 1.83 bits per heavy atom. The normalized spacial score (nSPS) is 10.8. The van der Waals surface area contributed by atoms with Gasteiger partial charge in [0.15, 0.2) is 0 Å². The predicted molar refractivity (Wildman–Crippen MR) is 113 cm³/mol. The molecule has 2 aromatic heterocycles. The largest absolute Gasteiger partial charge is 0.410 e. The van der Waals surface area contributed by atoms with E-state index in [4.69, 9.17) is 4.42 Å². The molecule has 0 aliphatic carbocycles. The number of hydrogen-bond acceptors (Lipinski definition) is 8. The van der Waals surface area contributed by atoms with E-state index in [0.29, 0.717) is 11.1 Å². The molecule has 2 heterocycles. The number of carbonyl (C=O) groups excluding carboxylic acids is 2. The highest BCUT2D eigenvalue weighted by Crippen LogP contribution is 2.30. The summed E-state index contributed by atoms with van der Waals surface area (Å²) in [6, 6.07) is 5.77. The first-order valence-electron chi connectivity index (χ1n) is 8.87. The van der Waals surface area contributed by atoms with Crippen molar-refractivity contribution in [1.82, 2.24) is 20.5 Å². The molecule has 2 N–H and O–H groups in total. The molecule has 152 valence electrons. The van der Waals surface area contributed by atoms with Gasteiger partial charge in [-0.25, -0.2) is 4.98 Å². The van der Waals surface area contributed by atoms with E-state index < -0.39 is 0 Å². The van der Waals surface area contributed by atoms with Gasteiger partial charge in [-0.3, -0.25) is 9.59 Å². The van der Waals surface area contributed by atoms with Crippen LogP contribution in [0.5, 0.6) is 0 Å². The molecular weight excluding hydrogens is 410 g/mol. The summed E-state index contributed by atoms with van der Waals surface area (Å²) in [6.45, 7) is 7.53. The number of carbonyl (C=O) groups is 2. The van der Waals surface area contributed by atoms with Gasteiger partial charge < -0.3 is 15.1 Å². The second kappa shape index (κ2) is 9.19. The van der Waals surface area contributed by atoms with Gasteiger partial charge in [0.05, 0.1) is 23.0 Å². The number of hydrogen-bond donors (Lipinski definition) is 2. The fourth-order valence-electron chi connectivity index (χ4n) is 2.64. The molecule has 0 atom stereocenters. The molecule has 2 amide bonds. The van der Waals surface area contributed by atoms with Crippen molar-refractivity contribution < 1.29 is 14.0 Å². The van der Waals surface area contributed by atoms with Crippen LogP contribution >= 0.6 is 23.1 Å². The van der Waals surface area contributed by atoms with Gasteiger partial charge in [-0.05, 0) is 38.8 Å². The number of nitrogens with zero attached hydrogens (tertiary/aromatic N) is 3. The lowest BCUT2D eigenvalue weighted by Gasteiger charge is -2.11. The van der Waals surface area contributed by atoms with Gasteiger partial charge >= 0.3 is 0 Å². The molecule has 8 nitrogen and oxygen atoms in total. The number of amides is 2. The average Bonchev–Trinajstić information content (AvgIpc) is 3.27. The van der Waals surface area contributed by atoms with Crippen LogP contribution in [0, 0.1) is 27.7 Å². The Balaban J connectivity index is 1.47. The number of para-hydroxylation sites is 1. The van der Waals surface area contributed by atoms with Gasteiger partial charge in [0.1, 0.15) is 4.88 Å². The Kier molecular flexibility index (Phi) is 6.65. The lowest BCUT2D eigenvalue weighted by molar-refractivity contribution is -0.122. The number of nitrogens with one attached hydrogen (secondary N) is 2. The lowest BCUT2D eigenvalue weighted by atomic mass is 10.1. The molecule has 0 radical (unpaired) electrons. The third-order valence-corrected chi connectivity index (χ3v) is 5.90. The summed E-state index contributed by atoms with van der Waals surface area (Å²) in [7, 11) is 0. The molecule has 0 unspecified atom stereocenters. The van der Waals surface area contributed by atoms with Gasteiger partial charge in [0.25, 0.3) is 11.1 Å². The van der Waals surface area contributed by atoms with Gasteiger partial charge in [-0.2, -0.15) is 0 Å². The molecule has 0 fully saturated rings. The standard InChI is InChI=1S/C19H21N5O3S2/c1-10-6-5-7-11(2)16(10)22-14(25)8-20-15(26)9-28-19-24-23-18(27-19)17-12(3)21-13(4)29-17/h5-7H,8-9H2,1-4H3,(H,20,26)(H,22,25). The van der Waals surface area contributed by atoms with Crippen LogP contribution < -0.4 is 10.6 Å². The fourth-order valence-corrected chi connectivity index (χ4v) is 4.08. The minimum absolute atomic E-state index is 0.0685. The van der Waals surface area contributed by atoms with Crippen molar-refractivity contribution >= 4 is 40.6 Å². The number of anilines is 1. The van der Waals surface area contributed by atoms with Crippen LogP contribution in [0.3, 0.4) is 0 Å². The van der Waals surface area contributed by atoms with Gasteiger partial charge in [0, 0.05) is 5.69 Å². The highest BCUT2D eigenvalue weighted by atomic mass is 32.2. The van der Waals surface area contributed by atoms with Crippen molar-refractivity contribution in [3.63, 3.8) is 0 Å². The van der Waals surface area contributed by atoms with Gasteiger partial charge in [-0.15, -0.1) is 21.5 Å². The molecule has 0 saturated heterocycles. The van der Waals surface area contributed by atoms with Crippen LogP contribution in [0.1, 0.15) is 21.8 Å². The van der Waals surface area contributed by atoms with E-state index in [1.807, 2.05) is 45.9 Å². The zero-order chi connectivity index (χ0) is 21.0. The summed E-state index contributed by atoms with van der Waals surface area (Å²) in [6.07, 6.45) is 0. The van der Waals surface area contributed by atoms with Crippen molar-refractivity contribution in [3.8, 4) is 10.8 Å². The number of aromatic nitrogens is 3. The topological polar surface area (TPSA) is 110 Å². The van der Waals surface area contributed by atoms with Crippen molar-refractivity contribution in [3.05, 3.63) is 40.0 Å². The first-order chi connectivity index (χ1) is 13.8. The lowest BCUT2D eigenvalue weighted by Crippen LogP contribution is -2.34. The van der Waals surface area contributed by atoms with E-state index >= 15 is 0 Å². The first kappa shape index (κ1) is 21.0. The van der Waals surface area contributed by atoms with Crippen molar-refractivity contribution in [2.75, 3.05) is 17.6 Å². The molecule has 0 aliphatic rings. The van der Waals surface area contributed by atoms with E-state index in [0.717, 1.165) is 44.2 Å². The van der Waals surface area contributed by atoms with E-state index in [9.17, 15) is 9.59 Å². The molecule has 0 spiro atoms. The highest BCUT2D eigenvalue weighted by Gasteiger charge is 2.16. The number of thioether (sulfide) groups is 1. The third kappa shape index (κ3) is 5.42. The maximum Gasteiger partial charge on any atom is 0.277 e. The second-order valence-corrected chi connectivity index (χ2v) is 8.53. The number of aryl methyl sites for hydroxylation is 4. The average molecular weight is 432 g/mol. The third-order valence-electron chi connectivity index (χ3n) is 4.02. The SMILES string of the molecule is Cc1nc(C)c(-c2nnc(SCC(=O)NCC(=O)Nc3c(C)cccc3C)o2)s1. The molecule has 1 aromatic carbocycles. The van der Waals surface area contributed by atoms with Crippen molar-refractivity contribution in [1.29, 1.82) is 0 Å². The summed E-state index contributed by atoms with van der Waals surface area (Å²) in [5, 5.41) is 14.6. The fraction of sp³-hybridized carbons (Fsp3) is 0.316. The predicted octanol–water partition coefficient (Wildman–Crippen LogP) is 3.27. The smallest absolute Gasteiger partial charge is 0.277 e. The van der Waals surface area contributed by atoms with Crippen LogP contribution in [-0.4, -0.2) is 39.3 Å². The van der Waals surface area contributed by atoms with Crippen molar-refractivity contribution in [2.24, 2.45) is 0 Å². The maximum absolute atomic E-state index is 12.1. The molecule has 0 bridgehead atoms. The summed E-state index contributed by atoms with van der Waals surface area (Å²) < 4.78 is 5.60. The highest BCUT2D eigenvalue weighted by molar-refractivity contribution is 7.99. The monoisotopic (exact) mass is 431 g/mol. The Labute approximate surface area is 176 Å². The molecule has 10 heteroatoms. The Hall–Kier alpha value is -2.72. The molecule has 0 aliphatic heterocycles. The van der Waals surface area contributed by atoms with Crippen LogP contribution in [0.25, 0.3) is 10.8 Å². The summed E-state index contributed by atoms with van der Waals surface area (Å²) in [4.78, 5) is 29.3. The van der Waals surface area contributed by atoms with Crippen LogP contribution in [0.15, 0.2) is 27.8 Å². The molecule has 3 rings (SSSR count). The zero-order valence-corrected chi connectivity index (χ0v) is 18.2. The second-order valence-electron chi connectivity index (χ2n) is 6.40. The zero-order valence-electron chi connectivity index (χ0n) is 16.5. The van der Waals surface area contributed by atoms with E-state index in [-0.39, 0.29) is 24.1 Å². The van der Waals surface area contributed by atoms with Crippen molar-refractivity contribution in [2.45, 2.75) is 32.9 Å². The minimum atomic E-state index is -0.295. The summed E-state index contributed by atoms with van der Waals surface area (Å²) in [5.41, 5.74) is 3.55. The van der Waals surface area contributed by atoms with E-state index in [1.54, 1.807) is 0 Å². The van der Waals surface area contributed by atoms with Crippen LogP contribution in [-0.2, 0) is 9.59 Å². The Morgan fingerprint density at radius 1 is 1.10 bits per heavy atom. The van der Waals surface area contributed by atoms with Crippen LogP contribution in [0.4, 0.5) is 5.69 Å². The summed E-state index contributed by atoms with van der Waals surface area (Å²) in [5.74, 6) is -0.115. The van der Waals surface area contributed by atoms with Gasteiger partial charge in [0.2, 0.25) is 11.8 Å². The van der Waals surface area contributed by atoms with E-state index in [1.165, 1.54) is 11.3 Å². The molecule has 29 heavy (non-hydrogen) atoms. The maximum atomic E-state index is 12.1. The van der Waals surface area contributed by atoms with Crippen LogP contribution in [0.2, 0.25) is 0 Å². The Morgan fingerprint density at radius 3 is 2.48 bits per heavy atom. The Bertz CT molecular complexity index is 1020. The first-order valence-corrected chi connectivity index (χ1v) is 10.7. The molecule has 3 aromatic rings. The quantitative estimate of drug-likeness (QED) is 0.552. The summed E-state index contributed by atoms with van der Waals surface area (Å²) >= 11 is 2.60. The number of rotatable bonds is 7. The number of thiazole rings is 1.